The van der Waals surface area contributed by atoms with Crippen molar-refractivity contribution in [1.82, 2.24) is 14.9 Å². The molecule has 0 spiro atoms. The fraction of sp³-hybridized carbons (Fsp3) is 0.533. The summed E-state index contributed by atoms with van der Waals surface area (Å²) >= 11 is 0. The largest absolute Gasteiger partial charge is 0.326 e. The van der Waals surface area contributed by atoms with Crippen LogP contribution < -0.4 is 5.32 Å². The van der Waals surface area contributed by atoms with E-state index in [1.807, 2.05) is 7.05 Å². The number of nitrogens with one attached hydrogen (secondary N) is 1. The van der Waals surface area contributed by atoms with Crippen LogP contribution in [0.1, 0.15) is 32.5 Å². The summed E-state index contributed by atoms with van der Waals surface area (Å²) in [6, 6.07) is 8.94. The number of aromatic nitrogens is 2. The molecule has 2 rings (SSSR count). The Labute approximate surface area is 109 Å². The van der Waals surface area contributed by atoms with Gasteiger partial charge >= 0.3 is 0 Å². The summed E-state index contributed by atoms with van der Waals surface area (Å²) in [7, 11) is 2.05. The molecular formula is C15H23N3. The SMILES string of the molecule is CCCC(Cn1c(CC)nc2ccccc21)NC. The number of rotatable bonds is 6. The lowest BCUT2D eigenvalue weighted by molar-refractivity contribution is 0.447. The molecule has 1 aromatic heterocycles. The molecule has 1 aromatic carbocycles. The summed E-state index contributed by atoms with van der Waals surface area (Å²) < 4.78 is 2.37. The second kappa shape index (κ2) is 6.01. The molecule has 2 aromatic rings. The van der Waals surface area contributed by atoms with Crippen LogP contribution in [0.25, 0.3) is 11.0 Å². The van der Waals surface area contributed by atoms with Crippen LogP contribution >= 0.6 is 0 Å². The first-order chi connectivity index (χ1) is 8.80. The molecule has 0 radical (unpaired) electrons. The lowest BCUT2D eigenvalue weighted by Gasteiger charge is -2.18. The minimum Gasteiger partial charge on any atom is -0.326 e. The molecule has 98 valence electrons. The molecule has 0 aliphatic heterocycles. The number of nitrogens with zero attached hydrogens (tertiary/aromatic N) is 2. The molecule has 3 nitrogen and oxygen atoms in total. The molecular weight excluding hydrogens is 222 g/mol. The summed E-state index contributed by atoms with van der Waals surface area (Å²) in [5, 5.41) is 3.41. The smallest absolute Gasteiger partial charge is 0.109 e. The zero-order valence-electron chi connectivity index (χ0n) is 11.6. The summed E-state index contributed by atoms with van der Waals surface area (Å²) in [6.07, 6.45) is 3.39. The highest BCUT2D eigenvalue weighted by Gasteiger charge is 2.12. The zero-order valence-corrected chi connectivity index (χ0v) is 11.6. The first-order valence-corrected chi connectivity index (χ1v) is 6.91. The van der Waals surface area contributed by atoms with E-state index in [4.69, 9.17) is 4.98 Å². The van der Waals surface area contributed by atoms with Crippen molar-refractivity contribution in [3.63, 3.8) is 0 Å². The Morgan fingerprint density at radius 2 is 2.06 bits per heavy atom. The van der Waals surface area contributed by atoms with Crippen LogP contribution in [0.2, 0.25) is 0 Å². The number of imidazole rings is 1. The number of likely N-dealkylation sites (N-methyl/N-ethyl adjacent to an activating group) is 1. The second-order valence-electron chi connectivity index (χ2n) is 4.76. The number of para-hydroxylation sites is 2. The maximum Gasteiger partial charge on any atom is 0.109 e. The van der Waals surface area contributed by atoms with Gasteiger partial charge in [0.25, 0.3) is 0 Å². The highest BCUT2D eigenvalue weighted by atomic mass is 15.1. The van der Waals surface area contributed by atoms with Crippen molar-refractivity contribution < 1.29 is 0 Å². The number of hydrogen-bond donors (Lipinski definition) is 1. The van der Waals surface area contributed by atoms with Gasteiger partial charge in [-0.2, -0.15) is 0 Å². The van der Waals surface area contributed by atoms with Crippen LogP contribution in [0.15, 0.2) is 24.3 Å². The van der Waals surface area contributed by atoms with Gasteiger partial charge in [0, 0.05) is 19.0 Å². The molecule has 1 heterocycles. The molecule has 18 heavy (non-hydrogen) atoms. The van der Waals surface area contributed by atoms with E-state index in [0.717, 1.165) is 18.5 Å². The van der Waals surface area contributed by atoms with Crippen LogP contribution in [-0.4, -0.2) is 22.6 Å². The van der Waals surface area contributed by atoms with Crippen LogP contribution in [0.5, 0.6) is 0 Å². The van der Waals surface area contributed by atoms with Crippen LogP contribution in [-0.2, 0) is 13.0 Å². The fourth-order valence-electron chi connectivity index (χ4n) is 2.49. The maximum absolute atomic E-state index is 4.71. The predicted octanol–water partition coefficient (Wildman–Crippen LogP) is 2.99. The lowest BCUT2D eigenvalue weighted by atomic mass is 10.1. The van der Waals surface area contributed by atoms with Crippen molar-refractivity contribution in [2.24, 2.45) is 0 Å². The van der Waals surface area contributed by atoms with Crippen molar-refractivity contribution in [2.45, 2.75) is 45.7 Å². The van der Waals surface area contributed by atoms with Crippen molar-refractivity contribution in [2.75, 3.05) is 7.05 Å². The summed E-state index contributed by atoms with van der Waals surface area (Å²) in [6.45, 7) is 5.41. The van der Waals surface area contributed by atoms with Crippen LogP contribution in [0.3, 0.4) is 0 Å². The number of fused-ring (bicyclic) bond motifs is 1. The van der Waals surface area contributed by atoms with Gasteiger partial charge < -0.3 is 9.88 Å². The zero-order chi connectivity index (χ0) is 13.0. The Morgan fingerprint density at radius 1 is 1.28 bits per heavy atom. The third-order valence-corrected chi connectivity index (χ3v) is 3.50. The van der Waals surface area contributed by atoms with E-state index in [2.05, 4.69) is 48.0 Å². The minimum atomic E-state index is 0.526. The first-order valence-electron chi connectivity index (χ1n) is 6.91. The Hall–Kier alpha value is -1.35. The highest BCUT2D eigenvalue weighted by molar-refractivity contribution is 5.75. The second-order valence-corrected chi connectivity index (χ2v) is 4.76. The van der Waals surface area contributed by atoms with Gasteiger partial charge in [-0.05, 0) is 25.6 Å². The maximum atomic E-state index is 4.71. The van der Waals surface area contributed by atoms with Crippen LogP contribution in [0, 0.1) is 0 Å². The third-order valence-electron chi connectivity index (χ3n) is 3.50. The van der Waals surface area contributed by atoms with Crippen LogP contribution in [0.4, 0.5) is 0 Å². The topological polar surface area (TPSA) is 29.9 Å². The van der Waals surface area contributed by atoms with E-state index >= 15 is 0 Å². The quantitative estimate of drug-likeness (QED) is 0.848. The van der Waals surface area contributed by atoms with Crippen molar-refractivity contribution in [1.29, 1.82) is 0 Å². The molecule has 0 saturated heterocycles. The van der Waals surface area contributed by atoms with Gasteiger partial charge in [-0.1, -0.05) is 32.4 Å². The third kappa shape index (κ3) is 2.56. The average Bonchev–Trinajstić information content (AvgIpc) is 2.76. The first kappa shape index (κ1) is 13.1. The summed E-state index contributed by atoms with van der Waals surface area (Å²) in [4.78, 5) is 4.71. The van der Waals surface area contributed by atoms with Crippen molar-refractivity contribution in [3.05, 3.63) is 30.1 Å². The molecule has 0 saturated carbocycles. The number of hydrogen-bond acceptors (Lipinski definition) is 2. The van der Waals surface area contributed by atoms with Gasteiger partial charge in [0.15, 0.2) is 0 Å². The normalized spacial score (nSPS) is 13.1. The summed E-state index contributed by atoms with van der Waals surface area (Å²) in [5.74, 6) is 1.19. The minimum absolute atomic E-state index is 0.526. The van der Waals surface area contributed by atoms with Gasteiger partial charge in [-0.25, -0.2) is 4.98 Å². The molecule has 0 aliphatic rings. The molecule has 1 unspecified atom stereocenters. The summed E-state index contributed by atoms with van der Waals surface area (Å²) in [5.41, 5.74) is 2.37. The molecule has 3 heteroatoms. The van der Waals surface area contributed by atoms with Crippen molar-refractivity contribution >= 4 is 11.0 Å². The number of benzene rings is 1. The van der Waals surface area contributed by atoms with Gasteiger partial charge in [-0.15, -0.1) is 0 Å². The van der Waals surface area contributed by atoms with E-state index < -0.39 is 0 Å². The van der Waals surface area contributed by atoms with Gasteiger partial charge in [0.1, 0.15) is 5.82 Å². The number of aryl methyl sites for hydroxylation is 1. The fourth-order valence-corrected chi connectivity index (χ4v) is 2.49. The molecule has 0 aliphatic carbocycles. The molecule has 1 N–H and O–H groups in total. The Bertz CT molecular complexity index is 501. The van der Waals surface area contributed by atoms with E-state index in [1.165, 1.54) is 24.2 Å². The van der Waals surface area contributed by atoms with E-state index in [-0.39, 0.29) is 0 Å². The Balaban J connectivity index is 2.35. The Morgan fingerprint density at radius 3 is 2.72 bits per heavy atom. The van der Waals surface area contributed by atoms with Gasteiger partial charge in [0.05, 0.1) is 11.0 Å². The van der Waals surface area contributed by atoms with Gasteiger partial charge in [-0.3, -0.25) is 0 Å². The van der Waals surface area contributed by atoms with E-state index in [9.17, 15) is 0 Å². The molecule has 1 atom stereocenters. The highest BCUT2D eigenvalue weighted by Crippen LogP contribution is 2.17. The molecule has 0 amide bonds. The lowest BCUT2D eigenvalue weighted by Crippen LogP contribution is -2.30. The average molecular weight is 245 g/mol. The molecule has 0 bridgehead atoms. The molecule has 0 fully saturated rings. The Kier molecular flexibility index (Phi) is 4.37. The monoisotopic (exact) mass is 245 g/mol. The standard InChI is InChI=1S/C15H23N3/c1-4-8-12(16-3)11-18-14-10-7-6-9-13(14)17-15(18)5-2/h6-7,9-10,12,16H,4-5,8,11H2,1-3H3. The van der Waals surface area contributed by atoms with Gasteiger partial charge in [0.2, 0.25) is 0 Å². The van der Waals surface area contributed by atoms with Crippen molar-refractivity contribution in [3.8, 4) is 0 Å². The predicted molar refractivity (Wildman–Crippen MR) is 76.9 cm³/mol. The van der Waals surface area contributed by atoms with E-state index in [0.29, 0.717) is 6.04 Å². The van der Waals surface area contributed by atoms with E-state index in [1.54, 1.807) is 0 Å².